The van der Waals surface area contributed by atoms with Crippen LogP contribution in [-0.4, -0.2) is 34.7 Å². The van der Waals surface area contributed by atoms with Crippen molar-refractivity contribution in [1.82, 2.24) is 4.90 Å². The van der Waals surface area contributed by atoms with Gasteiger partial charge < -0.3 is 5.11 Å². The van der Waals surface area contributed by atoms with Gasteiger partial charge in [-0.3, -0.25) is 4.90 Å². The molecular formula is C24H51NO. The fourth-order valence-corrected chi connectivity index (χ4v) is 3.93. The first-order chi connectivity index (χ1) is 12.5. The van der Waals surface area contributed by atoms with Gasteiger partial charge in [-0.1, -0.05) is 96.8 Å². The molecule has 0 rings (SSSR count). The van der Waals surface area contributed by atoms with Crippen molar-refractivity contribution in [2.24, 2.45) is 0 Å². The van der Waals surface area contributed by atoms with Crippen LogP contribution in [0.25, 0.3) is 0 Å². The lowest BCUT2D eigenvalue weighted by atomic mass is 10.0. The third-order valence-electron chi connectivity index (χ3n) is 5.64. The molecule has 0 saturated heterocycles. The second kappa shape index (κ2) is 18.3. The molecule has 0 fully saturated rings. The van der Waals surface area contributed by atoms with Gasteiger partial charge >= 0.3 is 0 Å². The van der Waals surface area contributed by atoms with Gasteiger partial charge in [-0.25, -0.2) is 0 Å². The molecular weight excluding hydrogens is 318 g/mol. The van der Waals surface area contributed by atoms with Gasteiger partial charge in [-0.2, -0.15) is 0 Å². The zero-order valence-corrected chi connectivity index (χ0v) is 18.9. The van der Waals surface area contributed by atoms with Crippen LogP contribution >= 0.6 is 0 Å². The Kier molecular flexibility index (Phi) is 18.2. The molecule has 0 aliphatic carbocycles. The topological polar surface area (TPSA) is 23.5 Å². The molecule has 0 spiro atoms. The molecule has 0 aromatic rings. The maximum atomic E-state index is 10.3. The number of hydrogen-bond acceptors (Lipinski definition) is 2. The van der Waals surface area contributed by atoms with Crippen molar-refractivity contribution in [2.75, 3.05) is 6.54 Å². The molecule has 0 bridgehead atoms. The summed E-state index contributed by atoms with van der Waals surface area (Å²) in [6.07, 6.45) is 20.3. The van der Waals surface area contributed by atoms with E-state index in [0.29, 0.717) is 12.1 Å². The summed E-state index contributed by atoms with van der Waals surface area (Å²) in [6, 6.07) is 1.03. The lowest BCUT2D eigenvalue weighted by Crippen LogP contribution is -2.42. The standard InChI is InChI=1S/C24H51NO/c1-6-7-8-9-10-11-12-13-14-15-16-17-18-19-20-24(26)21-25(22(2)3)23(4)5/h22-24,26H,6-21H2,1-5H3. The van der Waals surface area contributed by atoms with Gasteiger partial charge in [0, 0.05) is 18.6 Å². The highest BCUT2D eigenvalue weighted by molar-refractivity contribution is 4.71. The summed E-state index contributed by atoms with van der Waals surface area (Å²) in [7, 11) is 0. The SMILES string of the molecule is CCCCCCCCCCCCCCCCC(O)CN(C(C)C)C(C)C. The van der Waals surface area contributed by atoms with E-state index < -0.39 is 0 Å². The largest absolute Gasteiger partial charge is 0.392 e. The molecule has 158 valence electrons. The zero-order valence-electron chi connectivity index (χ0n) is 18.9. The summed E-state index contributed by atoms with van der Waals surface area (Å²) in [4.78, 5) is 2.40. The van der Waals surface area contributed by atoms with Crippen LogP contribution in [0.4, 0.5) is 0 Å². The lowest BCUT2D eigenvalue weighted by molar-refractivity contribution is 0.0691. The molecule has 0 aliphatic rings. The predicted octanol–water partition coefficient (Wildman–Crippen LogP) is 7.34. The zero-order chi connectivity index (χ0) is 19.6. The van der Waals surface area contributed by atoms with Crippen molar-refractivity contribution in [3.63, 3.8) is 0 Å². The Morgan fingerprint density at radius 2 is 0.923 bits per heavy atom. The molecule has 2 nitrogen and oxygen atoms in total. The number of rotatable bonds is 19. The summed E-state index contributed by atoms with van der Waals surface area (Å²) in [5, 5.41) is 10.3. The van der Waals surface area contributed by atoms with Gasteiger partial charge in [-0.05, 0) is 34.1 Å². The van der Waals surface area contributed by atoms with E-state index in [1.165, 1.54) is 89.9 Å². The normalized spacial score (nSPS) is 13.3. The van der Waals surface area contributed by atoms with Crippen molar-refractivity contribution in [2.45, 2.75) is 149 Å². The van der Waals surface area contributed by atoms with E-state index in [4.69, 9.17) is 0 Å². The first kappa shape index (κ1) is 25.9. The smallest absolute Gasteiger partial charge is 0.0667 e. The molecule has 0 heterocycles. The number of hydrogen-bond donors (Lipinski definition) is 1. The molecule has 0 radical (unpaired) electrons. The Balaban J connectivity index is 3.35. The number of aliphatic hydroxyl groups excluding tert-OH is 1. The van der Waals surface area contributed by atoms with Gasteiger partial charge in [0.25, 0.3) is 0 Å². The number of aliphatic hydroxyl groups is 1. The maximum absolute atomic E-state index is 10.3. The highest BCUT2D eigenvalue weighted by Gasteiger charge is 2.17. The highest BCUT2D eigenvalue weighted by atomic mass is 16.3. The molecule has 26 heavy (non-hydrogen) atoms. The summed E-state index contributed by atoms with van der Waals surface area (Å²) in [6.45, 7) is 12.0. The van der Waals surface area contributed by atoms with Gasteiger partial charge in [0.2, 0.25) is 0 Å². The van der Waals surface area contributed by atoms with Crippen LogP contribution in [0, 0.1) is 0 Å². The first-order valence-electron chi connectivity index (χ1n) is 11.9. The summed E-state index contributed by atoms with van der Waals surface area (Å²) in [5.74, 6) is 0. The van der Waals surface area contributed by atoms with Crippen molar-refractivity contribution in [1.29, 1.82) is 0 Å². The van der Waals surface area contributed by atoms with Crippen LogP contribution in [0.1, 0.15) is 131 Å². The fraction of sp³-hybridized carbons (Fsp3) is 1.00. The Morgan fingerprint density at radius 3 is 1.27 bits per heavy atom. The second-order valence-corrected chi connectivity index (χ2v) is 8.92. The van der Waals surface area contributed by atoms with Crippen molar-refractivity contribution < 1.29 is 5.11 Å². The summed E-state index contributed by atoms with van der Waals surface area (Å²) in [5.41, 5.74) is 0. The molecule has 0 aromatic heterocycles. The third-order valence-corrected chi connectivity index (χ3v) is 5.64. The van der Waals surface area contributed by atoms with Crippen molar-refractivity contribution in [3.05, 3.63) is 0 Å². The Hall–Kier alpha value is -0.0800. The minimum Gasteiger partial charge on any atom is -0.392 e. The highest BCUT2D eigenvalue weighted by Crippen LogP contribution is 2.14. The second-order valence-electron chi connectivity index (χ2n) is 8.92. The maximum Gasteiger partial charge on any atom is 0.0667 e. The van der Waals surface area contributed by atoms with E-state index in [1.54, 1.807) is 0 Å². The quantitative estimate of drug-likeness (QED) is 0.241. The van der Waals surface area contributed by atoms with E-state index in [1.807, 2.05) is 0 Å². The van der Waals surface area contributed by atoms with Crippen LogP contribution in [-0.2, 0) is 0 Å². The Morgan fingerprint density at radius 1 is 0.577 bits per heavy atom. The molecule has 0 amide bonds. The minimum absolute atomic E-state index is 0.155. The third kappa shape index (κ3) is 16.1. The average molecular weight is 370 g/mol. The van der Waals surface area contributed by atoms with Gasteiger partial charge in [0.15, 0.2) is 0 Å². The van der Waals surface area contributed by atoms with Crippen LogP contribution < -0.4 is 0 Å². The Bertz CT molecular complexity index is 269. The average Bonchev–Trinajstić information content (AvgIpc) is 2.59. The summed E-state index contributed by atoms with van der Waals surface area (Å²) >= 11 is 0. The monoisotopic (exact) mass is 369 g/mol. The molecule has 2 heteroatoms. The van der Waals surface area contributed by atoms with Crippen LogP contribution in [0.15, 0.2) is 0 Å². The van der Waals surface area contributed by atoms with Gasteiger partial charge in [0.05, 0.1) is 6.10 Å². The lowest BCUT2D eigenvalue weighted by Gasteiger charge is -2.32. The van der Waals surface area contributed by atoms with Gasteiger partial charge in [0.1, 0.15) is 0 Å². The fourth-order valence-electron chi connectivity index (χ4n) is 3.93. The van der Waals surface area contributed by atoms with Crippen LogP contribution in [0.5, 0.6) is 0 Å². The van der Waals surface area contributed by atoms with E-state index in [0.717, 1.165) is 13.0 Å². The molecule has 1 N–H and O–H groups in total. The van der Waals surface area contributed by atoms with E-state index in [2.05, 4.69) is 39.5 Å². The van der Waals surface area contributed by atoms with E-state index in [-0.39, 0.29) is 6.10 Å². The Labute approximate surface area is 166 Å². The molecule has 1 unspecified atom stereocenters. The summed E-state index contributed by atoms with van der Waals surface area (Å²) < 4.78 is 0. The first-order valence-corrected chi connectivity index (χ1v) is 11.9. The molecule has 0 aliphatic heterocycles. The van der Waals surface area contributed by atoms with Crippen LogP contribution in [0.2, 0.25) is 0 Å². The van der Waals surface area contributed by atoms with Crippen LogP contribution in [0.3, 0.4) is 0 Å². The van der Waals surface area contributed by atoms with Crippen molar-refractivity contribution in [3.8, 4) is 0 Å². The molecule has 1 atom stereocenters. The number of unbranched alkanes of at least 4 members (excludes halogenated alkanes) is 13. The molecule has 0 saturated carbocycles. The van der Waals surface area contributed by atoms with Gasteiger partial charge in [-0.15, -0.1) is 0 Å². The van der Waals surface area contributed by atoms with E-state index in [9.17, 15) is 5.11 Å². The number of nitrogens with zero attached hydrogens (tertiary/aromatic N) is 1. The molecule has 0 aromatic carbocycles. The predicted molar refractivity (Wildman–Crippen MR) is 118 cm³/mol. The van der Waals surface area contributed by atoms with E-state index >= 15 is 0 Å². The van der Waals surface area contributed by atoms with Crippen molar-refractivity contribution >= 4 is 0 Å². The minimum atomic E-state index is -0.155.